The number of aliphatic hydroxyl groups excluding tert-OH is 1. The van der Waals surface area contributed by atoms with Crippen LogP contribution < -0.4 is 0 Å². The molecule has 0 saturated carbocycles. The first kappa shape index (κ1) is 12.6. The van der Waals surface area contributed by atoms with Gasteiger partial charge in [0.2, 0.25) is 0 Å². The molecule has 2 heterocycles. The molecule has 0 radical (unpaired) electrons. The Morgan fingerprint density at radius 1 is 1.53 bits per heavy atom. The van der Waals surface area contributed by atoms with E-state index in [1.165, 1.54) is 0 Å². The van der Waals surface area contributed by atoms with Gasteiger partial charge in [0.1, 0.15) is 5.76 Å². The van der Waals surface area contributed by atoms with Crippen LogP contribution in [0, 0.1) is 0 Å². The van der Waals surface area contributed by atoms with Crippen LogP contribution in [0.3, 0.4) is 0 Å². The molecule has 1 saturated heterocycles. The number of likely N-dealkylation sites (tertiary alicyclic amines) is 1. The molecule has 0 amide bonds. The van der Waals surface area contributed by atoms with Gasteiger partial charge in [0.05, 0.1) is 12.3 Å². The minimum Gasteiger partial charge on any atom is -0.445 e. The fraction of sp³-hybridized carbons (Fsp3) is 0.769. The average Bonchev–Trinajstić information content (AvgIpc) is 2.77. The first-order valence-corrected chi connectivity index (χ1v) is 6.54. The van der Waals surface area contributed by atoms with Crippen molar-refractivity contribution in [3.63, 3.8) is 0 Å². The van der Waals surface area contributed by atoms with Crippen LogP contribution in [0.25, 0.3) is 0 Å². The van der Waals surface area contributed by atoms with E-state index < -0.39 is 0 Å². The summed E-state index contributed by atoms with van der Waals surface area (Å²) >= 11 is 0. The molecule has 1 atom stereocenters. The number of aliphatic hydroxyl groups is 1. The van der Waals surface area contributed by atoms with E-state index in [1.807, 2.05) is 0 Å². The Bertz CT molecular complexity index is 341. The van der Waals surface area contributed by atoms with Gasteiger partial charge in [0.25, 0.3) is 0 Å². The van der Waals surface area contributed by atoms with Gasteiger partial charge in [0, 0.05) is 12.3 Å². The van der Waals surface area contributed by atoms with Gasteiger partial charge in [-0.05, 0) is 39.4 Å². The molecule has 0 aromatic carbocycles. The van der Waals surface area contributed by atoms with Gasteiger partial charge in [-0.3, -0.25) is 0 Å². The fourth-order valence-corrected chi connectivity index (χ4v) is 2.39. The Morgan fingerprint density at radius 2 is 2.24 bits per heavy atom. The smallest absolute Gasteiger partial charge is 0.197 e. The quantitative estimate of drug-likeness (QED) is 0.869. The molecule has 0 aliphatic carbocycles. The Kier molecular flexibility index (Phi) is 4.18. The van der Waals surface area contributed by atoms with E-state index in [-0.39, 0.29) is 6.10 Å². The second-order valence-corrected chi connectivity index (χ2v) is 4.93. The SMILES string of the molecule is CCN1CCC(c2ncc(CC(C)O)o2)CC1. The zero-order valence-corrected chi connectivity index (χ0v) is 10.7. The Balaban J connectivity index is 1.92. The molecule has 96 valence electrons. The van der Waals surface area contributed by atoms with Crippen LogP contribution in [0.5, 0.6) is 0 Å². The maximum absolute atomic E-state index is 9.30. The minimum absolute atomic E-state index is 0.363. The minimum atomic E-state index is -0.363. The topological polar surface area (TPSA) is 49.5 Å². The summed E-state index contributed by atoms with van der Waals surface area (Å²) in [6, 6.07) is 0. The molecule has 1 N–H and O–H groups in total. The third kappa shape index (κ3) is 3.30. The summed E-state index contributed by atoms with van der Waals surface area (Å²) in [4.78, 5) is 6.80. The van der Waals surface area contributed by atoms with Crippen molar-refractivity contribution < 1.29 is 9.52 Å². The lowest BCUT2D eigenvalue weighted by molar-refractivity contribution is 0.182. The summed E-state index contributed by atoms with van der Waals surface area (Å²) in [5, 5.41) is 9.30. The fourth-order valence-electron chi connectivity index (χ4n) is 2.39. The summed E-state index contributed by atoms with van der Waals surface area (Å²) in [5.74, 6) is 2.12. The van der Waals surface area contributed by atoms with E-state index >= 15 is 0 Å². The number of rotatable bonds is 4. The number of hydrogen-bond donors (Lipinski definition) is 1. The second kappa shape index (κ2) is 5.65. The largest absolute Gasteiger partial charge is 0.445 e. The second-order valence-electron chi connectivity index (χ2n) is 4.93. The molecule has 1 aliphatic heterocycles. The first-order valence-electron chi connectivity index (χ1n) is 6.54. The van der Waals surface area contributed by atoms with Gasteiger partial charge in [-0.15, -0.1) is 0 Å². The van der Waals surface area contributed by atoms with E-state index in [4.69, 9.17) is 4.42 Å². The summed E-state index contributed by atoms with van der Waals surface area (Å²) in [6.45, 7) is 7.37. The standard InChI is InChI=1S/C13H22N2O2/c1-3-15-6-4-11(5-7-15)13-14-9-12(17-13)8-10(2)16/h9-11,16H,3-8H2,1-2H3. The predicted octanol–water partition coefficient (Wildman–Crippen LogP) is 1.80. The van der Waals surface area contributed by atoms with Crippen LogP contribution in [-0.4, -0.2) is 40.7 Å². The lowest BCUT2D eigenvalue weighted by Gasteiger charge is -2.29. The third-order valence-electron chi connectivity index (χ3n) is 3.45. The predicted molar refractivity (Wildman–Crippen MR) is 66.0 cm³/mol. The van der Waals surface area contributed by atoms with E-state index in [2.05, 4.69) is 16.8 Å². The van der Waals surface area contributed by atoms with E-state index in [0.29, 0.717) is 12.3 Å². The van der Waals surface area contributed by atoms with Gasteiger partial charge in [-0.1, -0.05) is 6.92 Å². The average molecular weight is 238 g/mol. The highest BCUT2D eigenvalue weighted by molar-refractivity contribution is 5.01. The van der Waals surface area contributed by atoms with Crippen LogP contribution in [-0.2, 0) is 6.42 Å². The van der Waals surface area contributed by atoms with E-state index in [1.54, 1.807) is 13.1 Å². The zero-order valence-electron chi connectivity index (χ0n) is 10.7. The molecule has 1 fully saturated rings. The Labute approximate surface area is 103 Å². The molecule has 4 nitrogen and oxygen atoms in total. The van der Waals surface area contributed by atoms with Crippen molar-refractivity contribution in [1.82, 2.24) is 9.88 Å². The monoisotopic (exact) mass is 238 g/mol. The highest BCUT2D eigenvalue weighted by atomic mass is 16.4. The summed E-state index contributed by atoms with van der Waals surface area (Å²) in [6.07, 6.45) is 4.21. The molecule has 1 aliphatic rings. The molecule has 1 aromatic heterocycles. The Hall–Kier alpha value is -0.870. The molecule has 2 rings (SSSR count). The molecule has 0 bridgehead atoms. The van der Waals surface area contributed by atoms with Crippen molar-refractivity contribution in [3.05, 3.63) is 17.8 Å². The molecule has 4 heteroatoms. The molecular weight excluding hydrogens is 216 g/mol. The third-order valence-corrected chi connectivity index (χ3v) is 3.45. The maximum atomic E-state index is 9.30. The number of nitrogens with zero attached hydrogens (tertiary/aromatic N) is 2. The molecule has 17 heavy (non-hydrogen) atoms. The van der Waals surface area contributed by atoms with Crippen molar-refractivity contribution in [3.8, 4) is 0 Å². The summed E-state index contributed by atoms with van der Waals surface area (Å²) in [5.41, 5.74) is 0. The van der Waals surface area contributed by atoms with Crippen molar-refractivity contribution >= 4 is 0 Å². The summed E-state index contributed by atoms with van der Waals surface area (Å²) in [7, 11) is 0. The van der Waals surface area contributed by atoms with Gasteiger partial charge in [-0.2, -0.15) is 0 Å². The van der Waals surface area contributed by atoms with Gasteiger partial charge in [-0.25, -0.2) is 4.98 Å². The van der Waals surface area contributed by atoms with Crippen LogP contribution in [0.15, 0.2) is 10.6 Å². The number of hydrogen-bond acceptors (Lipinski definition) is 4. The number of oxazole rings is 1. The molecule has 1 unspecified atom stereocenters. The van der Waals surface area contributed by atoms with Crippen LogP contribution in [0.1, 0.15) is 44.3 Å². The van der Waals surface area contributed by atoms with Crippen molar-refractivity contribution in [1.29, 1.82) is 0 Å². The van der Waals surface area contributed by atoms with Crippen LogP contribution >= 0.6 is 0 Å². The Morgan fingerprint density at radius 3 is 2.82 bits per heavy atom. The van der Waals surface area contributed by atoms with E-state index in [0.717, 1.165) is 44.1 Å². The number of aromatic nitrogens is 1. The highest BCUT2D eigenvalue weighted by Gasteiger charge is 2.23. The number of piperidine rings is 1. The van der Waals surface area contributed by atoms with E-state index in [9.17, 15) is 5.11 Å². The normalized spacial score (nSPS) is 20.6. The van der Waals surface area contributed by atoms with Crippen LogP contribution in [0.2, 0.25) is 0 Å². The summed E-state index contributed by atoms with van der Waals surface area (Å²) < 4.78 is 5.71. The lowest BCUT2D eigenvalue weighted by Crippen LogP contribution is -2.32. The van der Waals surface area contributed by atoms with Crippen LogP contribution in [0.4, 0.5) is 0 Å². The van der Waals surface area contributed by atoms with Crippen molar-refractivity contribution in [2.75, 3.05) is 19.6 Å². The van der Waals surface area contributed by atoms with Gasteiger partial charge in [0.15, 0.2) is 5.89 Å². The zero-order chi connectivity index (χ0) is 12.3. The highest BCUT2D eigenvalue weighted by Crippen LogP contribution is 2.27. The maximum Gasteiger partial charge on any atom is 0.197 e. The molecule has 1 aromatic rings. The lowest BCUT2D eigenvalue weighted by atomic mass is 9.97. The van der Waals surface area contributed by atoms with Gasteiger partial charge >= 0.3 is 0 Å². The van der Waals surface area contributed by atoms with Crippen molar-refractivity contribution in [2.45, 2.75) is 45.1 Å². The first-order chi connectivity index (χ1) is 8.19. The van der Waals surface area contributed by atoms with Gasteiger partial charge < -0.3 is 14.4 Å². The molecular formula is C13H22N2O2. The molecule has 0 spiro atoms. The van der Waals surface area contributed by atoms with Crippen molar-refractivity contribution in [2.24, 2.45) is 0 Å².